The van der Waals surface area contributed by atoms with E-state index in [1.54, 1.807) is 0 Å². The van der Waals surface area contributed by atoms with Crippen molar-refractivity contribution in [2.75, 3.05) is 0 Å². The Kier molecular flexibility index (Phi) is 2.56. The fourth-order valence-corrected chi connectivity index (χ4v) is 1.93. The second kappa shape index (κ2) is 3.71. The molecule has 2 aromatic heterocycles. The molecule has 0 unspecified atom stereocenters. The lowest BCUT2D eigenvalue weighted by molar-refractivity contribution is 0.111. The minimum absolute atomic E-state index is 0.275. The molecule has 2 rings (SSSR count). The number of nitrogens with zero attached hydrogens (tertiary/aromatic N) is 1. The number of carbonyl (C=O) groups is 1. The number of nitrogens with one attached hydrogen (secondary N) is 1. The fraction of sp³-hybridized carbons (Fsp3) is 0.111. The molecule has 0 saturated carbocycles. The van der Waals surface area contributed by atoms with Gasteiger partial charge in [-0.05, 0) is 28.1 Å². The van der Waals surface area contributed by atoms with Crippen LogP contribution in [0, 0.1) is 0 Å². The molecule has 0 spiro atoms. The van der Waals surface area contributed by atoms with Crippen molar-refractivity contribution in [2.24, 2.45) is 0 Å². The van der Waals surface area contributed by atoms with Gasteiger partial charge >= 0.3 is 0 Å². The van der Waals surface area contributed by atoms with Gasteiger partial charge in [0.1, 0.15) is 4.60 Å². The zero-order valence-corrected chi connectivity index (χ0v) is 9.39. The largest absolute Gasteiger partial charge is 0.351 e. The molecule has 3 nitrogen and oxygen atoms in total. The van der Waals surface area contributed by atoms with Crippen LogP contribution >= 0.6 is 27.5 Å². The fourth-order valence-electron chi connectivity index (χ4n) is 1.35. The van der Waals surface area contributed by atoms with Crippen LogP contribution in [-0.2, 0) is 5.88 Å². The van der Waals surface area contributed by atoms with Crippen LogP contribution in [-0.4, -0.2) is 16.3 Å². The molecule has 0 bridgehead atoms. The summed E-state index contributed by atoms with van der Waals surface area (Å²) in [4.78, 5) is 17.9. The van der Waals surface area contributed by atoms with E-state index in [4.69, 9.17) is 11.6 Å². The average molecular weight is 274 g/mol. The molecule has 0 atom stereocenters. The molecule has 1 N–H and O–H groups in total. The summed E-state index contributed by atoms with van der Waals surface area (Å²) < 4.78 is 0.729. The predicted molar refractivity (Wildman–Crippen MR) is 58.7 cm³/mol. The van der Waals surface area contributed by atoms with Gasteiger partial charge in [0.05, 0.1) is 22.6 Å². The third-order valence-electron chi connectivity index (χ3n) is 1.99. The van der Waals surface area contributed by atoms with E-state index in [0.717, 1.165) is 27.5 Å². The number of hydrogen-bond donors (Lipinski definition) is 1. The molecule has 0 aromatic carbocycles. The monoisotopic (exact) mass is 272 g/mol. The predicted octanol–water partition coefficient (Wildman–Crippen LogP) is 2.88. The zero-order valence-electron chi connectivity index (χ0n) is 7.05. The van der Waals surface area contributed by atoms with Crippen LogP contribution in [0.1, 0.15) is 16.1 Å². The highest BCUT2D eigenvalue weighted by atomic mass is 79.9. The van der Waals surface area contributed by atoms with E-state index < -0.39 is 0 Å². The molecule has 0 aliphatic rings. The standard InChI is InChI=1S/C9H6BrClN2O/c10-8-2-1-6-9(13-8)5(3-11)7(4-14)12-6/h1-2,4,12H,3H2. The van der Waals surface area contributed by atoms with Crippen molar-refractivity contribution in [2.45, 2.75) is 5.88 Å². The van der Waals surface area contributed by atoms with Gasteiger partial charge in [-0.2, -0.15) is 0 Å². The summed E-state index contributed by atoms with van der Waals surface area (Å²) in [6.07, 6.45) is 0.757. The van der Waals surface area contributed by atoms with Crippen molar-refractivity contribution in [1.82, 2.24) is 9.97 Å². The lowest BCUT2D eigenvalue weighted by Crippen LogP contribution is -1.85. The SMILES string of the molecule is O=Cc1[nH]c2ccc(Br)nc2c1CCl. The van der Waals surface area contributed by atoms with Crippen molar-refractivity contribution in [1.29, 1.82) is 0 Å². The molecule has 0 saturated heterocycles. The zero-order chi connectivity index (χ0) is 10.1. The van der Waals surface area contributed by atoms with Crippen molar-refractivity contribution >= 4 is 44.9 Å². The van der Waals surface area contributed by atoms with Gasteiger partial charge < -0.3 is 4.98 Å². The number of halogens is 2. The number of aldehydes is 1. The summed E-state index contributed by atoms with van der Waals surface area (Å²) in [5, 5.41) is 0. The Labute approximate surface area is 93.6 Å². The van der Waals surface area contributed by atoms with Crippen LogP contribution in [0.15, 0.2) is 16.7 Å². The first-order chi connectivity index (χ1) is 6.76. The Morgan fingerprint density at radius 2 is 2.36 bits per heavy atom. The molecule has 2 heterocycles. The average Bonchev–Trinajstić information content (AvgIpc) is 2.54. The second-order valence-corrected chi connectivity index (χ2v) is 3.88. The van der Waals surface area contributed by atoms with Gasteiger partial charge in [-0.1, -0.05) is 0 Å². The summed E-state index contributed by atoms with van der Waals surface area (Å²) in [5.41, 5.74) is 2.82. The highest BCUT2D eigenvalue weighted by Gasteiger charge is 2.11. The lowest BCUT2D eigenvalue weighted by atomic mass is 10.2. The highest BCUT2D eigenvalue weighted by molar-refractivity contribution is 9.10. The molecule has 0 aliphatic heterocycles. The van der Waals surface area contributed by atoms with Crippen LogP contribution in [0.5, 0.6) is 0 Å². The maximum Gasteiger partial charge on any atom is 0.166 e. The first-order valence-corrected chi connectivity index (χ1v) is 5.27. The number of pyridine rings is 1. The number of aromatic nitrogens is 2. The number of aromatic amines is 1. The molecular weight excluding hydrogens is 267 g/mol. The van der Waals surface area contributed by atoms with Gasteiger partial charge in [0.25, 0.3) is 0 Å². The van der Waals surface area contributed by atoms with Crippen LogP contribution in [0.3, 0.4) is 0 Å². The van der Waals surface area contributed by atoms with E-state index in [-0.39, 0.29) is 5.88 Å². The molecule has 0 fully saturated rings. The van der Waals surface area contributed by atoms with Crippen molar-refractivity contribution in [3.05, 3.63) is 28.0 Å². The van der Waals surface area contributed by atoms with Gasteiger partial charge in [-0.15, -0.1) is 11.6 Å². The quantitative estimate of drug-likeness (QED) is 0.519. The molecule has 14 heavy (non-hydrogen) atoms. The van der Waals surface area contributed by atoms with Gasteiger partial charge in [0.2, 0.25) is 0 Å². The normalized spacial score (nSPS) is 10.7. The molecule has 5 heteroatoms. The van der Waals surface area contributed by atoms with E-state index in [9.17, 15) is 4.79 Å². The summed E-state index contributed by atoms with van der Waals surface area (Å²) >= 11 is 9.02. The Morgan fingerprint density at radius 1 is 1.57 bits per heavy atom. The Morgan fingerprint density at radius 3 is 3.00 bits per heavy atom. The third kappa shape index (κ3) is 1.44. The minimum atomic E-state index is 0.275. The Hall–Kier alpha value is -0.870. The summed E-state index contributed by atoms with van der Waals surface area (Å²) in [7, 11) is 0. The number of hydrogen-bond acceptors (Lipinski definition) is 2. The highest BCUT2D eigenvalue weighted by Crippen LogP contribution is 2.23. The smallest absolute Gasteiger partial charge is 0.166 e. The van der Waals surface area contributed by atoms with E-state index >= 15 is 0 Å². The number of fused-ring (bicyclic) bond motifs is 1. The summed E-state index contributed by atoms with van der Waals surface area (Å²) in [6.45, 7) is 0. The number of H-pyrrole nitrogens is 1. The molecular formula is C9H6BrClN2O. The molecule has 2 aromatic rings. The summed E-state index contributed by atoms with van der Waals surface area (Å²) in [6, 6.07) is 3.67. The van der Waals surface area contributed by atoms with Gasteiger partial charge in [0, 0.05) is 5.56 Å². The topological polar surface area (TPSA) is 45.8 Å². The van der Waals surface area contributed by atoms with Gasteiger partial charge in [0.15, 0.2) is 6.29 Å². The van der Waals surface area contributed by atoms with E-state index in [2.05, 4.69) is 25.9 Å². The molecule has 72 valence electrons. The van der Waals surface area contributed by atoms with Crippen LogP contribution in [0.2, 0.25) is 0 Å². The third-order valence-corrected chi connectivity index (χ3v) is 2.70. The number of rotatable bonds is 2. The van der Waals surface area contributed by atoms with Crippen LogP contribution in [0.4, 0.5) is 0 Å². The Bertz CT molecular complexity index is 495. The van der Waals surface area contributed by atoms with E-state index in [0.29, 0.717) is 5.69 Å². The van der Waals surface area contributed by atoms with Gasteiger partial charge in [-0.3, -0.25) is 4.79 Å². The second-order valence-electron chi connectivity index (χ2n) is 2.80. The first-order valence-electron chi connectivity index (χ1n) is 3.94. The van der Waals surface area contributed by atoms with Gasteiger partial charge in [-0.25, -0.2) is 4.98 Å². The minimum Gasteiger partial charge on any atom is -0.351 e. The maximum absolute atomic E-state index is 10.7. The number of alkyl halides is 1. The van der Waals surface area contributed by atoms with Crippen LogP contribution < -0.4 is 0 Å². The molecule has 0 radical (unpaired) electrons. The maximum atomic E-state index is 10.7. The van der Waals surface area contributed by atoms with Crippen molar-refractivity contribution in [3.8, 4) is 0 Å². The molecule has 0 amide bonds. The number of carbonyl (C=O) groups excluding carboxylic acids is 1. The first kappa shape index (κ1) is 9.68. The Balaban J connectivity index is 2.81. The van der Waals surface area contributed by atoms with Crippen molar-refractivity contribution in [3.63, 3.8) is 0 Å². The summed E-state index contributed by atoms with van der Waals surface area (Å²) in [5.74, 6) is 0.275. The van der Waals surface area contributed by atoms with Crippen LogP contribution in [0.25, 0.3) is 11.0 Å². The van der Waals surface area contributed by atoms with E-state index in [1.807, 2.05) is 12.1 Å². The molecule has 0 aliphatic carbocycles. The van der Waals surface area contributed by atoms with Crippen molar-refractivity contribution < 1.29 is 4.79 Å². The van der Waals surface area contributed by atoms with E-state index in [1.165, 1.54) is 0 Å². The lowest BCUT2D eigenvalue weighted by Gasteiger charge is -1.93.